The highest BCUT2D eigenvalue weighted by Crippen LogP contribution is 2.22. The van der Waals surface area contributed by atoms with Crippen LogP contribution in [0.5, 0.6) is 0 Å². The molecule has 4 heteroatoms. The van der Waals surface area contributed by atoms with Crippen LogP contribution >= 0.6 is 15.9 Å². The predicted molar refractivity (Wildman–Crippen MR) is 80.5 cm³/mol. The van der Waals surface area contributed by atoms with Crippen LogP contribution in [0.4, 0.5) is 8.78 Å². The topological polar surface area (TPSA) is 12.0 Å². The van der Waals surface area contributed by atoms with E-state index in [0.29, 0.717) is 5.56 Å². The van der Waals surface area contributed by atoms with E-state index in [2.05, 4.69) is 21.2 Å². The lowest BCUT2D eigenvalue weighted by Crippen LogP contribution is -2.22. The second kappa shape index (κ2) is 6.46. The monoisotopic (exact) mass is 339 g/mol. The summed E-state index contributed by atoms with van der Waals surface area (Å²) in [5.74, 6) is -1.10. The van der Waals surface area contributed by atoms with Gasteiger partial charge in [0.05, 0.1) is 0 Å². The molecule has 1 nitrogen and oxygen atoms in total. The van der Waals surface area contributed by atoms with E-state index in [1.54, 1.807) is 0 Å². The van der Waals surface area contributed by atoms with Crippen LogP contribution in [-0.4, -0.2) is 0 Å². The highest BCUT2D eigenvalue weighted by atomic mass is 79.9. The van der Waals surface area contributed by atoms with Crippen molar-refractivity contribution in [2.45, 2.75) is 25.9 Å². The average Bonchev–Trinajstić information content (AvgIpc) is 2.37. The minimum absolute atomic E-state index is 0.0776. The Morgan fingerprint density at radius 3 is 2.10 bits per heavy atom. The van der Waals surface area contributed by atoms with Crippen LogP contribution in [0.1, 0.15) is 37.1 Å². The van der Waals surface area contributed by atoms with Crippen molar-refractivity contribution in [2.24, 2.45) is 0 Å². The highest BCUT2D eigenvalue weighted by molar-refractivity contribution is 9.10. The zero-order valence-corrected chi connectivity index (χ0v) is 12.9. The van der Waals surface area contributed by atoms with Crippen molar-refractivity contribution in [3.05, 3.63) is 69.7 Å². The molecule has 0 saturated carbocycles. The molecule has 1 unspecified atom stereocenters. The Balaban J connectivity index is 2.12. The van der Waals surface area contributed by atoms with Crippen LogP contribution in [0.3, 0.4) is 0 Å². The SMILES string of the molecule is CC(N[C@@H](C)c1cccc(Br)c1)c1cc(F)cc(F)c1. The Morgan fingerprint density at radius 1 is 0.900 bits per heavy atom. The molecule has 0 radical (unpaired) electrons. The summed E-state index contributed by atoms with van der Waals surface area (Å²) >= 11 is 3.43. The Hall–Kier alpha value is -1.26. The molecule has 0 aliphatic rings. The highest BCUT2D eigenvalue weighted by Gasteiger charge is 2.13. The number of benzene rings is 2. The molecular formula is C16H16BrF2N. The van der Waals surface area contributed by atoms with Gasteiger partial charge in [0.15, 0.2) is 0 Å². The molecule has 1 N–H and O–H groups in total. The molecular weight excluding hydrogens is 324 g/mol. The summed E-state index contributed by atoms with van der Waals surface area (Å²) in [5, 5.41) is 3.34. The number of halogens is 3. The maximum Gasteiger partial charge on any atom is 0.126 e. The van der Waals surface area contributed by atoms with Gasteiger partial charge in [0, 0.05) is 22.6 Å². The first-order valence-electron chi connectivity index (χ1n) is 6.43. The fourth-order valence-electron chi connectivity index (χ4n) is 2.17. The lowest BCUT2D eigenvalue weighted by Gasteiger charge is -2.21. The lowest BCUT2D eigenvalue weighted by atomic mass is 10.0. The van der Waals surface area contributed by atoms with Crippen LogP contribution in [0, 0.1) is 11.6 Å². The summed E-state index contributed by atoms with van der Waals surface area (Å²) in [6.45, 7) is 3.91. The van der Waals surface area contributed by atoms with E-state index in [4.69, 9.17) is 0 Å². The fourth-order valence-corrected chi connectivity index (χ4v) is 2.59. The van der Waals surface area contributed by atoms with Gasteiger partial charge in [-0.1, -0.05) is 28.1 Å². The second-order valence-corrected chi connectivity index (χ2v) is 5.78. The van der Waals surface area contributed by atoms with Crippen molar-refractivity contribution < 1.29 is 8.78 Å². The van der Waals surface area contributed by atoms with Crippen molar-refractivity contribution in [1.82, 2.24) is 5.32 Å². The first-order valence-corrected chi connectivity index (χ1v) is 7.22. The van der Waals surface area contributed by atoms with Crippen LogP contribution < -0.4 is 5.32 Å². The van der Waals surface area contributed by atoms with Crippen molar-refractivity contribution in [3.8, 4) is 0 Å². The molecule has 0 aromatic heterocycles. The molecule has 0 bridgehead atoms. The number of hydrogen-bond donors (Lipinski definition) is 1. The normalized spacial score (nSPS) is 14.1. The van der Waals surface area contributed by atoms with Crippen LogP contribution in [0.25, 0.3) is 0 Å². The van der Waals surface area contributed by atoms with Gasteiger partial charge < -0.3 is 5.32 Å². The summed E-state index contributed by atoms with van der Waals surface area (Å²) in [6, 6.07) is 11.5. The third-order valence-electron chi connectivity index (χ3n) is 3.23. The summed E-state index contributed by atoms with van der Waals surface area (Å²) in [5.41, 5.74) is 1.72. The van der Waals surface area contributed by atoms with Crippen molar-refractivity contribution in [1.29, 1.82) is 0 Å². The molecule has 0 amide bonds. The Kier molecular flexibility index (Phi) is 4.89. The molecule has 0 heterocycles. The van der Waals surface area contributed by atoms with Gasteiger partial charge in [0.1, 0.15) is 11.6 Å². The maximum absolute atomic E-state index is 13.2. The lowest BCUT2D eigenvalue weighted by molar-refractivity contribution is 0.487. The van der Waals surface area contributed by atoms with Crippen LogP contribution in [0.15, 0.2) is 46.9 Å². The van der Waals surface area contributed by atoms with E-state index in [1.807, 2.05) is 38.1 Å². The molecule has 0 spiro atoms. The van der Waals surface area contributed by atoms with E-state index in [1.165, 1.54) is 12.1 Å². The van der Waals surface area contributed by atoms with Gasteiger partial charge in [0.25, 0.3) is 0 Å². The molecule has 2 rings (SSSR count). The van der Waals surface area contributed by atoms with Gasteiger partial charge in [-0.25, -0.2) is 8.78 Å². The fraction of sp³-hybridized carbons (Fsp3) is 0.250. The number of hydrogen-bond acceptors (Lipinski definition) is 1. The van der Waals surface area contributed by atoms with E-state index in [-0.39, 0.29) is 12.1 Å². The van der Waals surface area contributed by atoms with E-state index >= 15 is 0 Å². The maximum atomic E-state index is 13.2. The zero-order chi connectivity index (χ0) is 14.7. The molecule has 0 saturated heterocycles. The van der Waals surface area contributed by atoms with Crippen LogP contribution in [-0.2, 0) is 0 Å². The molecule has 20 heavy (non-hydrogen) atoms. The minimum Gasteiger partial charge on any atom is -0.304 e. The quantitative estimate of drug-likeness (QED) is 0.813. The predicted octanol–water partition coefficient (Wildman–Crippen LogP) is 5.14. The third kappa shape index (κ3) is 3.87. The molecule has 0 aliphatic heterocycles. The molecule has 0 fully saturated rings. The second-order valence-electron chi connectivity index (χ2n) is 4.87. The van der Waals surface area contributed by atoms with Gasteiger partial charge >= 0.3 is 0 Å². The first-order chi connectivity index (χ1) is 9.45. The van der Waals surface area contributed by atoms with Crippen molar-refractivity contribution in [2.75, 3.05) is 0 Å². The summed E-state index contributed by atoms with van der Waals surface area (Å²) < 4.78 is 27.5. The smallest absolute Gasteiger partial charge is 0.126 e. The summed E-state index contributed by atoms with van der Waals surface area (Å²) in [7, 11) is 0. The largest absolute Gasteiger partial charge is 0.304 e. The summed E-state index contributed by atoms with van der Waals surface area (Å²) in [4.78, 5) is 0. The Labute approximate surface area is 126 Å². The average molecular weight is 340 g/mol. The third-order valence-corrected chi connectivity index (χ3v) is 3.73. The molecule has 2 aromatic rings. The van der Waals surface area contributed by atoms with Gasteiger partial charge in [-0.2, -0.15) is 0 Å². The minimum atomic E-state index is -0.552. The van der Waals surface area contributed by atoms with Crippen molar-refractivity contribution >= 4 is 15.9 Å². The molecule has 0 aliphatic carbocycles. The van der Waals surface area contributed by atoms with E-state index < -0.39 is 11.6 Å². The standard InChI is InChI=1S/C16H16BrF2N/c1-10(12-4-3-5-14(17)6-12)20-11(2)13-7-15(18)9-16(19)8-13/h3-11,20H,1-2H3/t10-,11?/m0/s1. The van der Waals surface area contributed by atoms with E-state index in [0.717, 1.165) is 16.1 Å². The Bertz CT molecular complexity index is 581. The Morgan fingerprint density at radius 2 is 1.50 bits per heavy atom. The van der Waals surface area contributed by atoms with Gasteiger partial charge in [-0.3, -0.25) is 0 Å². The van der Waals surface area contributed by atoms with Gasteiger partial charge in [0.2, 0.25) is 0 Å². The molecule has 106 valence electrons. The van der Waals surface area contributed by atoms with Crippen LogP contribution in [0.2, 0.25) is 0 Å². The molecule has 2 aromatic carbocycles. The van der Waals surface area contributed by atoms with Gasteiger partial charge in [-0.15, -0.1) is 0 Å². The zero-order valence-electron chi connectivity index (χ0n) is 11.3. The number of nitrogens with one attached hydrogen (secondary N) is 1. The first kappa shape index (κ1) is 15.1. The molecule has 2 atom stereocenters. The summed E-state index contributed by atoms with van der Waals surface area (Å²) in [6.07, 6.45) is 0. The van der Waals surface area contributed by atoms with Crippen molar-refractivity contribution in [3.63, 3.8) is 0 Å². The number of rotatable bonds is 4. The van der Waals surface area contributed by atoms with Gasteiger partial charge in [-0.05, 0) is 49.2 Å². The van der Waals surface area contributed by atoms with E-state index in [9.17, 15) is 8.78 Å².